The molecular weight excluding hydrogens is 140 g/mol. The lowest BCUT2D eigenvalue weighted by atomic mass is 10.4. The van der Waals surface area contributed by atoms with E-state index in [-0.39, 0.29) is 0 Å². The van der Waals surface area contributed by atoms with Crippen molar-refractivity contribution in [3.63, 3.8) is 0 Å². The van der Waals surface area contributed by atoms with Crippen molar-refractivity contribution >= 4 is 0 Å². The Morgan fingerprint density at radius 2 is 1.82 bits per heavy atom. The maximum Gasteiger partial charge on any atom is 0.0455 e. The molecule has 2 aliphatic rings. The molecule has 0 aromatic rings. The van der Waals surface area contributed by atoms with E-state index in [9.17, 15) is 0 Å². The summed E-state index contributed by atoms with van der Waals surface area (Å²) in [5, 5.41) is 6.22. The smallest absolute Gasteiger partial charge is 0.0455 e. The SMILES string of the molecule is C1=CNNCC1.C1CNCN1. The molecule has 2 rings (SSSR count). The van der Waals surface area contributed by atoms with Gasteiger partial charge in [-0.2, -0.15) is 0 Å². The highest BCUT2D eigenvalue weighted by molar-refractivity contribution is 4.82. The summed E-state index contributed by atoms with van der Waals surface area (Å²) in [5.41, 5.74) is 5.80. The lowest BCUT2D eigenvalue weighted by molar-refractivity contribution is 0.605. The van der Waals surface area contributed by atoms with E-state index in [1.54, 1.807) is 0 Å². The van der Waals surface area contributed by atoms with Crippen LogP contribution in [-0.2, 0) is 0 Å². The normalized spacial score (nSPS) is 21.8. The molecule has 1 fully saturated rings. The van der Waals surface area contributed by atoms with Crippen molar-refractivity contribution < 1.29 is 0 Å². The second kappa shape index (κ2) is 6.15. The van der Waals surface area contributed by atoms with Crippen LogP contribution in [0.1, 0.15) is 6.42 Å². The van der Waals surface area contributed by atoms with Crippen LogP contribution in [0.25, 0.3) is 0 Å². The molecule has 4 N–H and O–H groups in total. The van der Waals surface area contributed by atoms with Crippen LogP contribution in [0.4, 0.5) is 0 Å². The molecule has 0 unspecified atom stereocenters. The van der Waals surface area contributed by atoms with Gasteiger partial charge in [0.1, 0.15) is 0 Å². The second-order valence-electron chi connectivity index (χ2n) is 2.44. The third-order valence-electron chi connectivity index (χ3n) is 1.47. The molecule has 0 radical (unpaired) electrons. The van der Waals surface area contributed by atoms with Crippen molar-refractivity contribution in [1.82, 2.24) is 21.5 Å². The summed E-state index contributed by atoms with van der Waals surface area (Å²) in [6.45, 7) is 4.33. The minimum absolute atomic E-state index is 1.00. The van der Waals surface area contributed by atoms with Crippen LogP contribution in [0.15, 0.2) is 12.3 Å². The average Bonchev–Trinajstić information content (AvgIpc) is 2.64. The minimum Gasteiger partial charge on any atom is -0.329 e. The zero-order valence-corrected chi connectivity index (χ0v) is 6.69. The van der Waals surface area contributed by atoms with Gasteiger partial charge in [-0.1, -0.05) is 6.08 Å². The molecule has 0 spiro atoms. The molecule has 0 atom stereocenters. The van der Waals surface area contributed by atoms with Crippen LogP contribution >= 0.6 is 0 Å². The fraction of sp³-hybridized carbons (Fsp3) is 0.714. The van der Waals surface area contributed by atoms with Crippen LogP contribution in [0, 0.1) is 0 Å². The molecule has 1 saturated heterocycles. The summed E-state index contributed by atoms with van der Waals surface area (Å²) in [6, 6.07) is 0. The molecule has 0 aromatic carbocycles. The Balaban J connectivity index is 0.000000112. The van der Waals surface area contributed by atoms with Crippen LogP contribution in [0.3, 0.4) is 0 Å². The van der Waals surface area contributed by atoms with E-state index in [0.29, 0.717) is 0 Å². The van der Waals surface area contributed by atoms with Gasteiger partial charge in [-0.3, -0.25) is 0 Å². The molecule has 0 bridgehead atoms. The maximum absolute atomic E-state index is 3.11. The third-order valence-corrected chi connectivity index (χ3v) is 1.47. The Bertz CT molecular complexity index is 93.4. The Hall–Kier alpha value is -0.580. The molecule has 4 nitrogen and oxygen atoms in total. The zero-order valence-electron chi connectivity index (χ0n) is 6.69. The monoisotopic (exact) mass is 156 g/mol. The zero-order chi connectivity index (χ0) is 7.78. The minimum atomic E-state index is 1.00. The number of rotatable bonds is 0. The predicted octanol–water partition coefficient (Wildman–Crippen LogP) is -0.865. The Morgan fingerprint density at radius 1 is 1.00 bits per heavy atom. The second-order valence-corrected chi connectivity index (χ2v) is 2.44. The summed E-state index contributed by atoms with van der Waals surface area (Å²) in [5.74, 6) is 0. The Morgan fingerprint density at radius 3 is 2.00 bits per heavy atom. The highest BCUT2D eigenvalue weighted by atomic mass is 15.3. The van der Waals surface area contributed by atoms with E-state index in [0.717, 1.165) is 32.7 Å². The Labute approximate surface area is 67.4 Å². The number of hydrogen-bond donors (Lipinski definition) is 4. The molecule has 0 aliphatic carbocycles. The number of hydrogen-bond acceptors (Lipinski definition) is 4. The van der Waals surface area contributed by atoms with E-state index in [2.05, 4.69) is 27.6 Å². The third kappa shape index (κ3) is 4.78. The summed E-state index contributed by atoms with van der Waals surface area (Å²) in [6.07, 6.45) is 5.15. The van der Waals surface area contributed by atoms with Gasteiger partial charge in [0.15, 0.2) is 0 Å². The maximum atomic E-state index is 3.11. The van der Waals surface area contributed by atoms with E-state index >= 15 is 0 Å². The van der Waals surface area contributed by atoms with Crippen molar-refractivity contribution in [2.45, 2.75) is 6.42 Å². The summed E-state index contributed by atoms with van der Waals surface area (Å²) < 4.78 is 0. The van der Waals surface area contributed by atoms with E-state index in [1.165, 1.54) is 0 Å². The lowest BCUT2D eigenvalue weighted by Gasteiger charge is -2.04. The summed E-state index contributed by atoms with van der Waals surface area (Å²) in [7, 11) is 0. The highest BCUT2D eigenvalue weighted by Crippen LogP contribution is 1.79. The van der Waals surface area contributed by atoms with Crippen molar-refractivity contribution in [2.24, 2.45) is 0 Å². The van der Waals surface area contributed by atoms with Gasteiger partial charge in [0.2, 0.25) is 0 Å². The Kier molecular flexibility index (Phi) is 4.76. The molecule has 0 saturated carbocycles. The average molecular weight is 156 g/mol. The van der Waals surface area contributed by atoms with Gasteiger partial charge in [0.25, 0.3) is 0 Å². The molecule has 64 valence electrons. The van der Waals surface area contributed by atoms with Crippen LogP contribution in [0.2, 0.25) is 0 Å². The molecule has 0 amide bonds. The van der Waals surface area contributed by atoms with Crippen molar-refractivity contribution in [2.75, 3.05) is 26.3 Å². The van der Waals surface area contributed by atoms with E-state index in [1.807, 2.05) is 6.20 Å². The van der Waals surface area contributed by atoms with Gasteiger partial charge in [-0.15, -0.1) is 0 Å². The van der Waals surface area contributed by atoms with E-state index in [4.69, 9.17) is 0 Å². The van der Waals surface area contributed by atoms with Gasteiger partial charge in [-0.05, 0) is 6.42 Å². The number of hydrazine groups is 1. The first-order valence-corrected chi connectivity index (χ1v) is 4.05. The highest BCUT2D eigenvalue weighted by Gasteiger charge is 1.90. The summed E-state index contributed by atoms with van der Waals surface area (Å²) in [4.78, 5) is 0. The van der Waals surface area contributed by atoms with Gasteiger partial charge in [-0.25, -0.2) is 5.43 Å². The molecule has 2 aliphatic heterocycles. The summed E-state index contributed by atoms with van der Waals surface area (Å²) >= 11 is 0. The number of nitrogens with one attached hydrogen (secondary N) is 4. The van der Waals surface area contributed by atoms with Crippen LogP contribution in [-0.4, -0.2) is 26.3 Å². The molecular formula is C7H16N4. The largest absolute Gasteiger partial charge is 0.329 e. The van der Waals surface area contributed by atoms with Gasteiger partial charge in [0.05, 0.1) is 0 Å². The van der Waals surface area contributed by atoms with Gasteiger partial charge >= 0.3 is 0 Å². The lowest BCUT2D eigenvalue weighted by Crippen LogP contribution is -2.30. The first kappa shape index (κ1) is 8.52. The van der Waals surface area contributed by atoms with Gasteiger partial charge in [0, 0.05) is 32.5 Å². The van der Waals surface area contributed by atoms with Crippen molar-refractivity contribution in [3.8, 4) is 0 Å². The molecule has 0 aromatic heterocycles. The molecule has 11 heavy (non-hydrogen) atoms. The van der Waals surface area contributed by atoms with Gasteiger partial charge < -0.3 is 16.1 Å². The quantitative estimate of drug-likeness (QED) is 0.368. The predicted molar refractivity (Wildman–Crippen MR) is 45.8 cm³/mol. The van der Waals surface area contributed by atoms with Crippen molar-refractivity contribution in [3.05, 3.63) is 12.3 Å². The first-order valence-electron chi connectivity index (χ1n) is 4.05. The van der Waals surface area contributed by atoms with Crippen molar-refractivity contribution in [1.29, 1.82) is 0 Å². The molecule has 2 heterocycles. The van der Waals surface area contributed by atoms with Crippen LogP contribution in [0.5, 0.6) is 0 Å². The fourth-order valence-corrected chi connectivity index (χ4v) is 0.871. The molecule has 4 heteroatoms. The first-order chi connectivity index (χ1) is 5.50. The van der Waals surface area contributed by atoms with Crippen LogP contribution < -0.4 is 21.5 Å². The fourth-order valence-electron chi connectivity index (χ4n) is 0.871. The topological polar surface area (TPSA) is 48.1 Å². The standard InChI is InChI=1S/C4H8N2.C3H8N2/c1-2-4-6-5-3-1;1-2-5-3-4-1/h1,3,5-6H,2,4H2;4-5H,1-3H2. The van der Waals surface area contributed by atoms with E-state index < -0.39 is 0 Å².